The summed E-state index contributed by atoms with van der Waals surface area (Å²) in [5.41, 5.74) is 0. The molecule has 1 amide bonds. The number of likely N-dealkylation sites (tertiary alicyclic amines) is 1. The van der Waals surface area contributed by atoms with Crippen molar-refractivity contribution in [3.05, 3.63) is 0 Å². The zero-order chi connectivity index (χ0) is 14.3. The minimum Gasteiger partial charge on any atom is -0.341 e. The average molecular weight is 268 g/mol. The van der Waals surface area contributed by atoms with Crippen LogP contribution >= 0.6 is 0 Å². The van der Waals surface area contributed by atoms with Gasteiger partial charge in [0, 0.05) is 25.6 Å². The Morgan fingerprint density at radius 3 is 2.63 bits per heavy atom. The van der Waals surface area contributed by atoms with Gasteiger partial charge in [0.05, 0.1) is 0 Å². The molecule has 1 aliphatic heterocycles. The van der Waals surface area contributed by atoms with Gasteiger partial charge in [-0.3, -0.25) is 4.79 Å². The Bertz CT molecular complexity index is 265. The van der Waals surface area contributed by atoms with Crippen molar-refractivity contribution in [1.82, 2.24) is 10.2 Å². The van der Waals surface area contributed by atoms with Crippen molar-refractivity contribution in [2.75, 3.05) is 19.6 Å². The summed E-state index contributed by atoms with van der Waals surface area (Å²) < 4.78 is 0. The Morgan fingerprint density at radius 1 is 1.32 bits per heavy atom. The molecule has 0 aromatic rings. The SMILES string of the molecule is CCCC(=O)N1CC(CC)CC(NCCC(C)C)C1. The quantitative estimate of drug-likeness (QED) is 0.769. The van der Waals surface area contributed by atoms with E-state index >= 15 is 0 Å². The van der Waals surface area contributed by atoms with Crippen LogP contribution in [0.3, 0.4) is 0 Å². The average Bonchev–Trinajstić information content (AvgIpc) is 2.38. The highest BCUT2D eigenvalue weighted by Crippen LogP contribution is 2.20. The maximum Gasteiger partial charge on any atom is 0.222 e. The first kappa shape index (κ1) is 16.5. The second-order valence-electron chi connectivity index (χ2n) is 6.39. The van der Waals surface area contributed by atoms with Crippen LogP contribution in [0, 0.1) is 11.8 Å². The Balaban J connectivity index is 2.45. The van der Waals surface area contributed by atoms with Crippen molar-refractivity contribution in [1.29, 1.82) is 0 Å². The third-order valence-electron chi connectivity index (χ3n) is 4.09. The fourth-order valence-electron chi connectivity index (χ4n) is 2.80. The number of piperidine rings is 1. The Hall–Kier alpha value is -0.570. The summed E-state index contributed by atoms with van der Waals surface area (Å²) in [6.07, 6.45) is 5.28. The van der Waals surface area contributed by atoms with Crippen LogP contribution in [0.2, 0.25) is 0 Å². The van der Waals surface area contributed by atoms with E-state index in [1.807, 2.05) is 0 Å². The minimum atomic E-state index is 0.344. The third-order valence-corrected chi connectivity index (χ3v) is 4.09. The summed E-state index contributed by atoms with van der Waals surface area (Å²) >= 11 is 0. The van der Waals surface area contributed by atoms with E-state index in [0.29, 0.717) is 24.3 Å². The Morgan fingerprint density at radius 2 is 2.05 bits per heavy atom. The highest BCUT2D eigenvalue weighted by molar-refractivity contribution is 5.76. The van der Waals surface area contributed by atoms with Gasteiger partial charge >= 0.3 is 0 Å². The second kappa shape index (κ2) is 8.57. The summed E-state index contributed by atoms with van der Waals surface area (Å²) in [5.74, 6) is 1.76. The number of hydrogen-bond donors (Lipinski definition) is 1. The number of rotatable bonds is 7. The first-order valence-electron chi connectivity index (χ1n) is 8.07. The molecule has 0 spiro atoms. The second-order valence-corrected chi connectivity index (χ2v) is 6.39. The van der Waals surface area contributed by atoms with Gasteiger partial charge in [0.1, 0.15) is 0 Å². The third kappa shape index (κ3) is 5.94. The molecule has 0 aliphatic carbocycles. The Labute approximate surface area is 119 Å². The molecule has 0 saturated carbocycles. The van der Waals surface area contributed by atoms with Gasteiger partial charge in [-0.15, -0.1) is 0 Å². The van der Waals surface area contributed by atoms with E-state index in [1.54, 1.807) is 0 Å². The summed E-state index contributed by atoms with van der Waals surface area (Å²) in [5, 5.41) is 3.65. The molecule has 19 heavy (non-hydrogen) atoms. The number of amides is 1. The molecular formula is C16H32N2O. The zero-order valence-electron chi connectivity index (χ0n) is 13.2. The first-order chi connectivity index (χ1) is 9.06. The number of carbonyl (C=O) groups excluding carboxylic acids is 1. The maximum atomic E-state index is 12.1. The monoisotopic (exact) mass is 268 g/mol. The molecule has 1 heterocycles. The lowest BCUT2D eigenvalue weighted by molar-refractivity contribution is -0.133. The van der Waals surface area contributed by atoms with Gasteiger partial charge in [0.15, 0.2) is 0 Å². The van der Waals surface area contributed by atoms with Gasteiger partial charge < -0.3 is 10.2 Å². The molecule has 0 radical (unpaired) electrons. The summed E-state index contributed by atoms with van der Waals surface area (Å²) in [4.78, 5) is 14.2. The van der Waals surface area contributed by atoms with Gasteiger partial charge in [0.2, 0.25) is 5.91 Å². The molecule has 3 nitrogen and oxygen atoms in total. The van der Waals surface area contributed by atoms with Gasteiger partial charge in [-0.1, -0.05) is 34.1 Å². The van der Waals surface area contributed by atoms with E-state index in [4.69, 9.17) is 0 Å². The summed E-state index contributed by atoms with van der Waals surface area (Å²) in [7, 11) is 0. The number of nitrogens with zero attached hydrogens (tertiary/aromatic N) is 1. The molecule has 1 saturated heterocycles. The summed E-state index contributed by atoms with van der Waals surface area (Å²) in [6, 6.07) is 0.498. The van der Waals surface area contributed by atoms with Crippen molar-refractivity contribution in [3.8, 4) is 0 Å². The highest BCUT2D eigenvalue weighted by atomic mass is 16.2. The smallest absolute Gasteiger partial charge is 0.222 e. The molecule has 0 aromatic carbocycles. The van der Waals surface area contributed by atoms with E-state index < -0.39 is 0 Å². The van der Waals surface area contributed by atoms with Gasteiger partial charge in [-0.25, -0.2) is 0 Å². The van der Waals surface area contributed by atoms with Crippen molar-refractivity contribution >= 4 is 5.91 Å². The number of hydrogen-bond acceptors (Lipinski definition) is 2. The molecule has 1 rings (SSSR count). The highest BCUT2D eigenvalue weighted by Gasteiger charge is 2.28. The van der Waals surface area contributed by atoms with E-state index in [-0.39, 0.29) is 0 Å². The van der Waals surface area contributed by atoms with Crippen LogP contribution in [0.5, 0.6) is 0 Å². The number of carbonyl (C=O) groups is 1. The van der Waals surface area contributed by atoms with Crippen LogP contribution < -0.4 is 5.32 Å². The van der Waals surface area contributed by atoms with E-state index in [0.717, 1.165) is 32.0 Å². The van der Waals surface area contributed by atoms with E-state index in [2.05, 4.69) is 37.9 Å². The van der Waals surface area contributed by atoms with Crippen molar-refractivity contribution in [2.45, 2.75) is 65.8 Å². The van der Waals surface area contributed by atoms with Crippen molar-refractivity contribution in [3.63, 3.8) is 0 Å². The lowest BCUT2D eigenvalue weighted by Crippen LogP contribution is -2.51. The van der Waals surface area contributed by atoms with Crippen LogP contribution in [-0.4, -0.2) is 36.5 Å². The molecule has 1 aliphatic rings. The van der Waals surface area contributed by atoms with Crippen molar-refractivity contribution < 1.29 is 4.79 Å². The molecule has 0 bridgehead atoms. The summed E-state index contributed by atoms with van der Waals surface area (Å²) in [6.45, 7) is 11.8. The molecular weight excluding hydrogens is 236 g/mol. The minimum absolute atomic E-state index is 0.344. The number of nitrogens with one attached hydrogen (secondary N) is 1. The van der Waals surface area contributed by atoms with Gasteiger partial charge in [0.25, 0.3) is 0 Å². The lowest BCUT2D eigenvalue weighted by atomic mass is 9.91. The lowest BCUT2D eigenvalue weighted by Gasteiger charge is -2.38. The Kier molecular flexibility index (Phi) is 7.44. The predicted octanol–water partition coefficient (Wildman–Crippen LogP) is 3.05. The molecule has 1 fully saturated rings. The molecule has 2 atom stereocenters. The maximum absolute atomic E-state index is 12.1. The fraction of sp³-hybridized carbons (Fsp3) is 0.938. The van der Waals surface area contributed by atoms with Crippen LogP contribution in [0.15, 0.2) is 0 Å². The van der Waals surface area contributed by atoms with Crippen LogP contribution in [0.1, 0.15) is 59.8 Å². The first-order valence-corrected chi connectivity index (χ1v) is 8.07. The molecule has 112 valence electrons. The van der Waals surface area contributed by atoms with Crippen LogP contribution in [0.25, 0.3) is 0 Å². The van der Waals surface area contributed by atoms with Gasteiger partial charge in [-0.2, -0.15) is 0 Å². The molecule has 3 heteroatoms. The van der Waals surface area contributed by atoms with Crippen molar-refractivity contribution in [2.24, 2.45) is 11.8 Å². The fourth-order valence-corrected chi connectivity index (χ4v) is 2.80. The van der Waals surface area contributed by atoms with E-state index in [1.165, 1.54) is 19.3 Å². The molecule has 2 unspecified atom stereocenters. The standard InChI is InChI=1S/C16H32N2O/c1-5-7-16(19)18-11-14(6-2)10-15(12-18)17-9-8-13(3)4/h13-15,17H,5-12H2,1-4H3. The normalized spacial score (nSPS) is 23.9. The van der Waals surface area contributed by atoms with E-state index in [9.17, 15) is 4.79 Å². The van der Waals surface area contributed by atoms with Crippen LogP contribution in [0.4, 0.5) is 0 Å². The molecule has 0 aromatic heterocycles. The van der Waals surface area contributed by atoms with Gasteiger partial charge in [-0.05, 0) is 37.6 Å². The molecule has 1 N–H and O–H groups in total. The van der Waals surface area contributed by atoms with Crippen LogP contribution in [-0.2, 0) is 4.79 Å². The topological polar surface area (TPSA) is 32.3 Å². The predicted molar refractivity (Wildman–Crippen MR) is 81.1 cm³/mol. The zero-order valence-corrected chi connectivity index (χ0v) is 13.2. The largest absolute Gasteiger partial charge is 0.341 e.